The van der Waals surface area contributed by atoms with E-state index < -0.39 is 16.6 Å². The molecule has 0 aliphatic carbocycles. The molecule has 23 heavy (non-hydrogen) atoms. The third kappa shape index (κ3) is 12.5. The average molecular weight is 361 g/mol. The quantitative estimate of drug-likeness (QED) is 0.446. The van der Waals surface area contributed by atoms with Crippen molar-refractivity contribution < 1.29 is 18.4 Å². The number of carbonyl (C=O) groups excluding carboxylic acids is 2. The van der Waals surface area contributed by atoms with Gasteiger partial charge in [0.25, 0.3) is 11.9 Å². The van der Waals surface area contributed by atoms with Crippen molar-refractivity contribution in [1.29, 1.82) is 0 Å². The molecule has 4 nitrogen and oxygen atoms in total. The van der Waals surface area contributed by atoms with E-state index in [9.17, 15) is 9.59 Å². The molecule has 0 radical (unpaired) electrons. The van der Waals surface area contributed by atoms with E-state index in [2.05, 4.69) is 40.0 Å². The highest BCUT2D eigenvalue weighted by Crippen LogP contribution is 2.18. The molecule has 136 valence electrons. The second-order valence-corrected chi connectivity index (χ2v) is 16.0. The van der Waals surface area contributed by atoms with E-state index in [1.54, 1.807) is 0 Å². The maximum Gasteiger partial charge on any atom is 0.292 e. The smallest absolute Gasteiger partial charge is 0.292 e. The molecule has 0 aliphatic heterocycles. The van der Waals surface area contributed by atoms with Gasteiger partial charge >= 0.3 is 0 Å². The van der Waals surface area contributed by atoms with Crippen molar-refractivity contribution in [2.45, 2.75) is 97.1 Å². The van der Waals surface area contributed by atoms with Crippen LogP contribution in [0, 0.1) is 0 Å². The topological polar surface area (TPSA) is 52.6 Å². The van der Waals surface area contributed by atoms with Gasteiger partial charge < -0.3 is 8.85 Å². The van der Waals surface area contributed by atoms with Crippen LogP contribution in [-0.4, -0.2) is 28.6 Å². The molecule has 0 N–H and O–H groups in total. The van der Waals surface area contributed by atoms with Crippen molar-refractivity contribution in [2.24, 2.45) is 0 Å². The zero-order valence-electron chi connectivity index (χ0n) is 16.0. The fourth-order valence-electron chi connectivity index (χ4n) is 2.40. The third-order valence-electron chi connectivity index (χ3n) is 3.81. The predicted octanol–water partition coefficient (Wildman–Crippen LogP) is 5.25. The van der Waals surface area contributed by atoms with E-state index in [0.717, 1.165) is 37.8 Å². The Balaban J connectivity index is 4.01. The number of carbonyl (C=O) groups is 2. The van der Waals surface area contributed by atoms with Gasteiger partial charge in [0.15, 0.2) is 0 Å². The van der Waals surface area contributed by atoms with Crippen molar-refractivity contribution in [3.05, 3.63) is 0 Å². The molecule has 0 aliphatic rings. The summed E-state index contributed by atoms with van der Waals surface area (Å²) in [5, 5.41) is 0. The fourth-order valence-corrected chi connectivity index (χ4v) is 6.45. The molecule has 0 amide bonds. The van der Waals surface area contributed by atoms with Gasteiger partial charge in [0.2, 0.25) is 16.6 Å². The van der Waals surface area contributed by atoms with Crippen LogP contribution >= 0.6 is 0 Å². The van der Waals surface area contributed by atoms with Gasteiger partial charge in [-0.25, -0.2) is 0 Å². The van der Waals surface area contributed by atoms with Crippen LogP contribution in [0.3, 0.4) is 0 Å². The molecule has 0 fully saturated rings. The van der Waals surface area contributed by atoms with Gasteiger partial charge in [0, 0.05) is 12.8 Å². The lowest BCUT2D eigenvalue weighted by Crippen LogP contribution is -2.34. The summed E-state index contributed by atoms with van der Waals surface area (Å²) in [5.74, 6) is -0.318. The van der Waals surface area contributed by atoms with Crippen LogP contribution < -0.4 is 0 Å². The van der Waals surface area contributed by atoms with Gasteiger partial charge in [-0.1, -0.05) is 39.5 Å². The largest absolute Gasteiger partial charge is 0.520 e. The molecule has 0 saturated heterocycles. The first-order chi connectivity index (χ1) is 10.6. The van der Waals surface area contributed by atoms with E-state index in [4.69, 9.17) is 8.85 Å². The highest BCUT2D eigenvalue weighted by Gasteiger charge is 2.27. The fraction of sp³-hybridized carbons (Fsp3) is 0.882. The van der Waals surface area contributed by atoms with Crippen LogP contribution in [-0.2, 0) is 18.4 Å². The molecule has 0 rings (SSSR count). The van der Waals surface area contributed by atoms with E-state index in [0.29, 0.717) is 19.3 Å². The number of unbranched alkanes of at least 4 members (excludes halogenated alkanes) is 2. The normalized spacial score (nSPS) is 12.1. The van der Waals surface area contributed by atoms with E-state index in [-0.39, 0.29) is 11.9 Å². The molecular weight excluding hydrogens is 324 g/mol. The van der Waals surface area contributed by atoms with Gasteiger partial charge in [0.1, 0.15) is 0 Å². The molecule has 6 heteroatoms. The molecule has 0 bridgehead atoms. The Morgan fingerprint density at radius 1 is 0.696 bits per heavy atom. The van der Waals surface area contributed by atoms with Crippen molar-refractivity contribution in [1.82, 2.24) is 0 Å². The summed E-state index contributed by atoms with van der Waals surface area (Å²) in [6.07, 6.45) is 5.61. The number of hydrogen-bond donors (Lipinski definition) is 0. The summed E-state index contributed by atoms with van der Waals surface area (Å²) in [7, 11) is -3.75. The van der Waals surface area contributed by atoms with Gasteiger partial charge in [-0.2, -0.15) is 0 Å². The van der Waals surface area contributed by atoms with Crippen molar-refractivity contribution in [3.8, 4) is 0 Å². The maximum absolute atomic E-state index is 11.9. The lowest BCUT2D eigenvalue weighted by atomic mass is 10.2. The first kappa shape index (κ1) is 22.4. The predicted molar refractivity (Wildman–Crippen MR) is 100 cm³/mol. The molecule has 0 aromatic rings. The Morgan fingerprint density at radius 3 is 1.35 bits per heavy atom. The van der Waals surface area contributed by atoms with Gasteiger partial charge in [0.05, 0.1) is 0 Å². The first-order valence-electron chi connectivity index (χ1n) is 9.05. The van der Waals surface area contributed by atoms with Crippen LogP contribution in [0.1, 0.15) is 58.8 Å². The van der Waals surface area contributed by atoms with Crippen LogP contribution in [0.2, 0.25) is 38.3 Å². The zero-order valence-corrected chi connectivity index (χ0v) is 18.0. The van der Waals surface area contributed by atoms with E-state index in [1.165, 1.54) is 0 Å². The highest BCUT2D eigenvalue weighted by molar-refractivity contribution is 6.73. The second-order valence-electron chi connectivity index (χ2n) is 7.53. The highest BCUT2D eigenvalue weighted by atomic mass is 28.4. The van der Waals surface area contributed by atoms with Crippen molar-refractivity contribution >= 4 is 28.6 Å². The monoisotopic (exact) mass is 360 g/mol. The van der Waals surface area contributed by atoms with Crippen molar-refractivity contribution in [2.75, 3.05) is 0 Å². The molecule has 0 saturated carbocycles. The number of hydrogen-bond acceptors (Lipinski definition) is 4. The lowest BCUT2D eigenvalue weighted by molar-refractivity contribution is -0.136. The standard InChI is InChI=1S/C17H36O4Si2/c1-7-9-14-22(3,4)20-16(18)12-11-13-17(19)21-23(5,6)15-10-8-2/h7-15H2,1-6H3. The van der Waals surface area contributed by atoms with Crippen LogP contribution in [0.4, 0.5) is 0 Å². The molecule has 0 aromatic carbocycles. The molecule has 0 heterocycles. The summed E-state index contributed by atoms with van der Waals surface area (Å²) in [6.45, 7) is 12.6. The summed E-state index contributed by atoms with van der Waals surface area (Å²) >= 11 is 0. The summed E-state index contributed by atoms with van der Waals surface area (Å²) < 4.78 is 11.3. The van der Waals surface area contributed by atoms with E-state index in [1.807, 2.05) is 0 Å². The Hall–Kier alpha value is -0.626. The first-order valence-corrected chi connectivity index (χ1v) is 15.3. The number of rotatable bonds is 12. The maximum atomic E-state index is 11.9. The summed E-state index contributed by atoms with van der Waals surface area (Å²) in [4.78, 5) is 23.8. The minimum Gasteiger partial charge on any atom is -0.520 e. The second kappa shape index (κ2) is 11.0. The van der Waals surface area contributed by atoms with Crippen LogP contribution in [0.5, 0.6) is 0 Å². The zero-order chi connectivity index (χ0) is 17.9. The summed E-state index contributed by atoms with van der Waals surface area (Å²) in [5.41, 5.74) is 0. The minimum absolute atomic E-state index is 0.159. The molecule has 0 atom stereocenters. The minimum atomic E-state index is -1.88. The third-order valence-corrected chi connectivity index (χ3v) is 8.48. The van der Waals surface area contributed by atoms with Gasteiger partial charge in [-0.05, 0) is 44.7 Å². The Bertz CT molecular complexity index is 334. The Morgan fingerprint density at radius 2 is 1.04 bits per heavy atom. The Kier molecular flexibility index (Phi) is 10.7. The average Bonchev–Trinajstić information content (AvgIpc) is 2.42. The van der Waals surface area contributed by atoms with Crippen LogP contribution in [0.15, 0.2) is 0 Å². The van der Waals surface area contributed by atoms with Crippen LogP contribution in [0.25, 0.3) is 0 Å². The lowest BCUT2D eigenvalue weighted by Gasteiger charge is -2.23. The Labute approximate surface area is 144 Å². The SMILES string of the molecule is CCCC[Si](C)(C)OC(=O)CCCC(=O)O[Si](C)(C)CCCC. The molecule has 0 unspecified atom stereocenters. The van der Waals surface area contributed by atoms with Gasteiger partial charge in [-0.3, -0.25) is 9.59 Å². The van der Waals surface area contributed by atoms with E-state index >= 15 is 0 Å². The summed E-state index contributed by atoms with van der Waals surface area (Å²) in [6, 6.07) is 2.02. The molecule has 0 aromatic heterocycles. The van der Waals surface area contributed by atoms with Gasteiger partial charge in [-0.15, -0.1) is 0 Å². The van der Waals surface area contributed by atoms with Crippen molar-refractivity contribution in [3.63, 3.8) is 0 Å². The molecule has 0 spiro atoms. The molecular formula is C17H36O4Si2.